The fourth-order valence-electron chi connectivity index (χ4n) is 2.29. The Morgan fingerprint density at radius 2 is 2.00 bits per heavy atom. The number of rotatable bonds is 7. The lowest BCUT2D eigenvalue weighted by atomic mass is 9.91. The fraction of sp³-hybridized carbons (Fsp3) is 0.600. The van der Waals surface area contributed by atoms with Gasteiger partial charge in [-0.3, -0.25) is 0 Å². The van der Waals surface area contributed by atoms with Crippen LogP contribution in [0.1, 0.15) is 51.6 Å². The average molecular weight is 316 g/mol. The van der Waals surface area contributed by atoms with E-state index in [1.807, 2.05) is 0 Å². The summed E-state index contributed by atoms with van der Waals surface area (Å²) in [7, 11) is 0. The van der Waals surface area contributed by atoms with E-state index >= 15 is 0 Å². The zero-order chi connectivity index (χ0) is 13.5. The van der Waals surface area contributed by atoms with Crippen LogP contribution in [0.4, 0.5) is 4.39 Å². The predicted molar refractivity (Wildman–Crippen MR) is 79.2 cm³/mol. The van der Waals surface area contributed by atoms with Gasteiger partial charge in [0.15, 0.2) is 0 Å². The molecule has 1 nitrogen and oxygen atoms in total. The molecule has 1 aromatic rings. The van der Waals surface area contributed by atoms with E-state index in [2.05, 4.69) is 42.0 Å². The maximum atomic E-state index is 13.4. The number of halogens is 2. The second kappa shape index (κ2) is 7.90. The summed E-state index contributed by atoms with van der Waals surface area (Å²) in [6.45, 7) is 7.53. The van der Waals surface area contributed by atoms with E-state index in [1.54, 1.807) is 12.1 Å². The molecule has 2 unspecified atom stereocenters. The summed E-state index contributed by atoms with van der Waals surface area (Å²) >= 11 is 3.54. The lowest BCUT2D eigenvalue weighted by molar-refractivity contribution is 0.361. The highest BCUT2D eigenvalue weighted by atomic mass is 79.9. The van der Waals surface area contributed by atoms with Gasteiger partial charge in [-0.15, -0.1) is 0 Å². The summed E-state index contributed by atoms with van der Waals surface area (Å²) < 4.78 is 14.4. The van der Waals surface area contributed by atoms with Gasteiger partial charge in [0.1, 0.15) is 5.82 Å². The number of hydrogen-bond donors (Lipinski definition) is 1. The molecule has 0 radical (unpaired) electrons. The molecule has 102 valence electrons. The topological polar surface area (TPSA) is 12.0 Å². The van der Waals surface area contributed by atoms with E-state index in [4.69, 9.17) is 0 Å². The molecule has 1 N–H and O–H groups in total. The summed E-state index contributed by atoms with van der Waals surface area (Å²) in [5.74, 6) is 0.333. The van der Waals surface area contributed by atoms with E-state index in [9.17, 15) is 4.39 Å². The van der Waals surface area contributed by atoms with Gasteiger partial charge in [-0.2, -0.15) is 0 Å². The number of nitrogens with one attached hydrogen (secondary N) is 1. The summed E-state index contributed by atoms with van der Waals surface area (Å²) in [5.41, 5.74) is 1.03. The van der Waals surface area contributed by atoms with Crippen LogP contribution in [0, 0.1) is 11.7 Å². The molecule has 0 bridgehead atoms. The summed E-state index contributed by atoms with van der Waals surface area (Å²) in [5, 5.41) is 3.54. The normalized spacial score (nSPS) is 14.5. The van der Waals surface area contributed by atoms with E-state index in [0.29, 0.717) is 5.92 Å². The van der Waals surface area contributed by atoms with Crippen LogP contribution in [-0.4, -0.2) is 6.54 Å². The van der Waals surface area contributed by atoms with Gasteiger partial charge in [-0.25, -0.2) is 4.39 Å². The van der Waals surface area contributed by atoms with Crippen LogP contribution in [0.25, 0.3) is 0 Å². The largest absolute Gasteiger partial charge is 0.310 e. The van der Waals surface area contributed by atoms with Crippen molar-refractivity contribution in [1.29, 1.82) is 0 Å². The van der Waals surface area contributed by atoms with Crippen molar-refractivity contribution in [2.75, 3.05) is 6.54 Å². The van der Waals surface area contributed by atoms with Crippen LogP contribution < -0.4 is 5.32 Å². The zero-order valence-corrected chi connectivity index (χ0v) is 13.1. The summed E-state index contributed by atoms with van der Waals surface area (Å²) in [6, 6.07) is 5.15. The Kier molecular flexibility index (Phi) is 6.87. The SMILES string of the molecule is CCCNC(c1cc(F)ccc1Br)C(C)CCC. The van der Waals surface area contributed by atoms with Crippen LogP contribution in [-0.2, 0) is 0 Å². The van der Waals surface area contributed by atoms with Crippen LogP contribution in [0.5, 0.6) is 0 Å². The first kappa shape index (κ1) is 15.6. The highest BCUT2D eigenvalue weighted by molar-refractivity contribution is 9.10. The third-order valence-corrected chi connectivity index (χ3v) is 3.94. The molecule has 1 rings (SSSR count). The second-order valence-corrected chi connectivity index (χ2v) is 5.72. The quantitative estimate of drug-likeness (QED) is 0.741. The predicted octanol–water partition coefficient (Wildman–Crippen LogP) is 5.07. The highest BCUT2D eigenvalue weighted by Crippen LogP contribution is 2.31. The molecule has 0 aliphatic carbocycles. The Hall–Kier alpha value is -0.410. The molecule has 0 spiro atoms. The maximum Gasteiger partial charge on any atom is 0.123 e. The molecule has 3 heteroatoms. The van der Waals surface area contributed by atoms with Crippen molar-refractivity contribution in [3.8, 4) is 0 Å². The van der Waals surface area contributed by atoms with Gasteiger partial charge in [0.25, 0.3) is 0 Å². The Bertz CT molecular complexity index is 368. The summed E-state index contributed by atoms with van der Waals surface area (Å²) in [4.78, 5) is 0. The van der Waals surface area contributed by atoms with Gasteiger partial charge in [0.2, 0.25) is 0 Å². The first-order valence-corrected chi connectivity index (χ1v) is 7.57. The Morgan fingerprint density at radius 3 is 2.61 bits per heavy atom. The highest BCUT2D eigenvalue weighted by Gasteiger charge is 2.20. The monoisotopic (exact) mass is 315 g/mol. The molecule has 0 aliphatic heterocycles. The van der Waals surface area contributed by atoms with E-state index in [0.717, 1.165) is 35.8 Å². The van der Waals surface area contributed by atoms with Crippen molar-refractivity contribution in [3.05, 3.63) is 34.1 Å². The molecule has 0 amide bonds. The van der Waals surface area contributed by atoms with Gasteiger partial charge >= 0.3 is 0 Å². The maximum absolute atomic E-state index is 13.4. The van der Waals surface area contributed by atoms with Gasteiger partial charge in [0.05, 0.1) is 0 Å². The minimum absolute atomic E-state index is 0.166. The molecular weight excluding hydrogens is 293 g/mol. The van der Waals surface area contributed by atoms with Gasteiger partial charge in [-0.1, -0.05) is 43.1 Å². The molecular formula is C15H23BrFN. The van der Waals surface area contributed by atoms with Crippen LogP contribution in [0.2, 0.25) is 0 Å². The Balaban J connectivity index is 2.96. The number of hydrogen-bond acceptors (Lipinski definition) is 1. The average Bonchev–Trinajstić information content (AvgIpc) is 2.34. The molecule has 0 saturated carbocycles. The third-order valence-electron chi connectivity index (χ3n) is 3.22. The third kappa shape index (κ3) is 4.36. The van der Waals surface area contributed by atoms with Gasteiger partial charge in [0, 0.05) is 10.5 Å². The van der Waals surface area contributed by atoms with Crippen LogP contribution in [0.15, 0.2) is 22.7 Å². The van der Waals surface area contributed by atoms with Gasteiger partial charge in [-0.05, 0) is 49.1 Å². The summed E-state index contributed by atoms with van der Waals surface area (Å²) in [6.07, 6.45) is 3.38. The molecule has 18 heavy (non-hydrogen) atoms. The van der Waals surface area contributed by atoms with E-state index in [-0.39, 0.29) is 11.9 Å². The lowest BCUT2D eigenvalue weighted by Gasteiger charge is -2.26. The zero-order valence-electron chi connectivity index (χ0n) is 11.5. The molecule has 1 aromatic carbocycles. The first-order chi connectivity index (χ1) is 8.60. The molecule has 2 atom stereocenters. The first-order valence-electron chi connectivity index (χ1n) is 6.78. The Morgan fingerprint density at radius 1 is 1.28 bits per heavy atom. The van der Waals surface area contributed by atoms with E-state index in [1.165, 1.54) is 6.07 Å². The fourth-order valence-corrected chi connectivity index (χ4v) is 2.79. The molecule has 0 fully saturated rings. The standard InChI is InChI=1S/C15H23BrFN/c1-4-6-11(3)15(18-9-5-2)13-10-12(17)7-8-14(13)16/h7-8,10-11,15,18H,4-6,9H2,1-3H3. The minimum Gasteiger partial charge on any atom is -0.310 e. The van der Waals surface area contributed by atoms with Crippen molar-refractivity contribution in [1.82, 2.24) is 5.32 Å². The van der Waals surface area contributed by atoms with Crippen molar-refractivity contribution in [2.45, 2.75) is 46.1 Å². The molecule has 0 saturated heterocycles. The van der Waals surface area contributed by atoms with E-state index < -0.39 is 0 Å². The van der Waals surface area contributed by atoms with Crippen molar-refractivity contribution < 1.29 is 4.39 Å². The van der Waals surface area contributed by atoms with Crippen molar-refractivity contribution in [2.24, 2.45) is 5.92 Å². The van der Waals surface area contributed by atoms with Crippen molar-refractivity contribution in [3.63, 3.8) is 0 Å². The lowest BCUT2D eigenvalue weighted by Crippen LogP contribution is -2.28. The molecule has 0 heterocycles. The van der Waals surface area contributed by atoms with Crippen LogP contribution >= 0.6 is 15.9 Å². The Labute approximate surface area is 118 Å². The number of benzene rings is 1. The van der Waals surface area contributed by atoms with Crippen LogP contribution in [0.3, 0.4) is 0 Å². The minimum atomic E-state index is -0.166. The molecule has 0 aromatic heterocycles. The van der Waals surface area contributed by atoms with Crippen molar-refractivity contribution >= 4 is 15.9 Å². The van der Waals surface area contributed by atoms with Gasteiger partial charge < -0.3 is 5.32 Å². The second-order valence-electron chi connectivity index (χ2n) is 4.86. The smallest absolute Gasteiger partial charge is 0.123 e. The molecule has 0 aliphatic rings.